The monoisotopic (exact) mass is 403 g/mol. The Morgan fingerprint density at radius 2 is 1.93 bits per heavy atom. The van der Waals surface area contributed by atoms with Gasteiger partial charge in [-0.1, -0.05) is 43.2 Å². The predicted octanol–water partition coefficient (Wildman–Crippen LogP) is 3.92. The molecule has 1 aromatic carbocycles. The molecule has 1 fully saturated rings. The first-order valence-corrected chi connectivity index (χ1v) is 11.2. The fourth-order valence-corrected chi connectivity index (χ4v) is 4.89. The molecule has 0 saturated heterocycles. The average molecular weight is 404 g/mol. The highest BCUT2D eigenvalue weighted by molar-refractivity contribution is 8.00. The first-order chi connectivity index (χ1) is 13.1. The number of aromatic nitrogens is 1. The Kier molecular flexibility index (Phi) is 7.29. The molecule has 0 aliphatic heterocycles. The number of nitrogens with one attached hydrogen (secondary N) is 2. The number of nitrogens with zero attached hydrogens (tertiary/aromatic N) is 1. The van der Waals surface area contributed by atoms with Gasteiger partial charge < -0.3 is 10.6 Å². The van der Waals surface area contributed by atoms with Gasteiger partial charge in [-0.25, -0.2) is 4.98 Å². The minimum Gasteiger partial charge on any atom is -0.352 e. The molecule has 0 radical (unpaired) electrons. The second kappa shape index (κ2) is 9.90. The molecule has 5 nitrogen and oxygen atoms in total. The maximum Gasteiger partial charge on any atom is 0.251 e. The van der Waals surface area contributed by atoms with Crippen LogP contribution < -0.4 is 10.6 Å². The van der Waals surface area contributed by atoms with Crippen LogP contribution in [0.2, 0.25) is 0 Å². The van der Waals surface area contributed by atoms with E-state index in [-0.39, 0.29) is 24.4 Å². The summed E-state index contributed by atoms with van der Waals surface area (Å²) in [6.07, 6.45) is 5.68. The summed E-state index contributed by atoms with van der Waals surface area (Å²) in [5, 5.41) is 7.75. The number of thioether (sulfide) groups is 1. The Hall–Kier alpha value is -1.86. The van der Waals surface area contributed by atoms with Crippen molar-refractivity contribution in [2.24, 2.45) is 0 Å². The molecule has 2 aromatic rings. The van der Waals surface area contributed by atoms with Crippen molar-refractivity contribution in [1.29, 1.82) is 0 Å². The molecule has 0 unspecified atom stereocenters. The third-order valence-electron chi connectivity index (χ3n) is 4.56. The summed E-state index contributed by atoms with van der Waals surface area (Å²) in [7, 11) is 0. The van der Waals surface area contributed by atoms with E-state index in [1.807, 2.05) is 24.4 Å². The lowest BCUT2D eigenvalue weighted by molar-refractivity contribution is -0.121. The third-order valence-corrected chi connectivity index (χ3v) is 6.77. The van der Waals surface area contributed by atoms with E-state index in [0.29, 0.717) is 5.56 Å². The summed E-state index contributed by atoms with van der Waals surface area (Å²) in [5.41, 5.74) is 2.75. The van der Waals surface area contributed by atoms with Gasteiger partial charge in [0.25, 0.3) is 5.91 Å². The topological polar surface area (TPSA) is 71.1 Å². The molecule has 1 aliphatic rings. The second-order valence-corrected chi connectivity index (χ2v) is 8.91. The minimum atomic E-state index is -0.219. The summed E-state index contributed by atoms with van der Waals surface area (Å²) in [6, 6.07) is 7.77. The van der Waals surface area contributed by atoms with Gasteiger partial charge in [0.05, 0.1) is 6.54 Å². The SMILES string of the molecule is Cc1csc(SCc2ccc(C(=O)NCC(=O)NC3CCCCC3)cc2)n1. The van der Waals surface area contributed by atoms with Crippen molar-refractivity contribution in [3.05, 3.63) is 46.5 Å². The minimum absolute atomic E-state index is 0.0241. The summed E-state index contributed by atoms with van der Waals surface area (Å²) in [4.78, 5) is 28.7. The van der Waals surface area contributed by atoms with Gasteiger partial charge in [0.2, 0.25) is 5.91 Å². The largest absolute Gasteiger partial charge is 0.352 e. The number of amides is 2. The van der Waals surface area contributed by atoms with E-state index < -0.39 is 0 Å². The Morgan fingerprint density at radius 3 is 2.59 bits per heavy atom. The molecule has 0 atom stereocenters. The molecular weight excluding hydrogens is 378 g/mol. The molecule has 2 amide bonds. The average Bonchev–Trinajstić information content (AvgIpc) is 3.11. The van der Waals surface area contributed by atoms with Crippen LogP contribution in [0.1, 0.15) is 53.7 Å². The number of aryl methyl sites for hydroxylation is 1. The molecule has 1 aromatic heterocycles. The number of carbonyl (C=O) groups excluding carboxylic acids is 2. The first kappa shape index (κ1) is 19.9. The lowest BCUT2D eigenvalue weighted by Gasteiger charge is -2.22. The third kappa shape index (κ3) is 6.36. The molecule has 1 aliphatic carbocycles. The predicted molar refractivity (Wildman–Crippen MR) is 110 cm³/mol. The van der Waals surface area contributed by atoms with Gasteiger partial charge in [-0.3, -0.25) is 9.59 Å². The van der Waals surface area contributed by atoms with Crippen molar-refractivity contribution in [3.8, 4) is 0 Å². The zero-order valence-electron chi connectivity index (χ0n) is 15.5. The van der Waals surface area contributed by atoms with Crippen LogP contribution in [0.25, 0.3) is 0 Å². The molecule has 3 rings (SSSR count). The van der Waals surface area contributed by atoms with Gasteiger partial charge in [0, 0.05) is 28.4 Å². The summed E-state index contributed by atoms with van der Waals surface area (Å²) in [5.74, 6) is 0.490. The normalized spacial score (nSPS) is 14.7. The Balaban J connectivity index is 1.42. The van der Waals surface area contributed by atoms with Crippen LogP contribution in [-0.2, 0) is 10.5 Å². The van der Waals surface area contributed by atoms with Crippen molar-refractivity contribution >= 4 is 34.9 Å². The first-order valence-electron chi connectivity index (χ1n) is 9.31. The second-order valence-electron chi connectivity index (χ2n) is 6.83. The Bertz CT molecular complexity index is 768. The van der Waals surface area contributed by atoms with Crippen LogP contribution in [0.5, 0.6) is 0 Å². The number of carbonyl (C=O) groups is 2. The highest BCUT2D eigenvalue weighted by Gasteiger charge is 2.16. The molecule has 0 spiro atoms. The lowest BCUT2D eigenvalue weighted by atomic mass is 9.95. The van der Waals surface area contributed by atoms with E-state index in [9.17, 15) is 9.59 Å². The molecule has 27 heavy (non-hydrogen) atoms. The maximum atomic E-state index is 12.2. The van der Waals surface area contributed by atoms with Crippen molar-refractivity contribution in [3.63, 3.8) is 0 Å². The van der Waals surface area contributed by atoms with Gasteiger partial charge in [-0.2, -0.15) is 0 Å². The van der Waals surface area contributed by atoms with E-state index in [1.165, 1.54) is 19.3 Å². The molecule has 7 heteroatoms. The number of benzene rings is 1. The Labute approximate surface area is 168 Å². The van der Waals surface area contributed by atoms with E-state index in [2.05, 4.69) is 15.6 Å². The zero-order valence-corrected chi connectivity index (χ0v) is 17.1. The van der Waals surface area contributed by atoms with Crippen LogP contribution in [0.4, 0.5) is 0 Å². The van der Waals surface area contributed by atoms with Gasteiger partial charge in [-0.05, 0) is 37.5 Å². The number of thiazole rings is 1. The molecule has 1 saturated carbocycles. The quantitative estimate of drug-likeness (QED) is 0.688. The van der Waals surface area contributed by atoms with Crippen LogP contribution in [-0.4, -0.2) is 29.4 Å². The van der Waals surface area contributed by atoms with Gasteiger partial charge >= 0.3 is 0 Å². The maximum absolute atomic E-state index is 12.2. The van der Waals surface area contributed by atoms with Crippen molar-refractivity contribution in [1.82, 2.24) is 15.6 Å². The molecule has 2 N–H and O–H groups in total. The van der Waals surface area contributed by atoms with Crippen LogP contribution in [0.3, 0.4) is 0 Å². The van der Waals surface area contributed by atoms with Gasteiger partial charge in [0.15, 0.2) is 0 Å². The van der Waals surface area contributed by atoms with Crippen LogP contribution >= 0.6 is 23.1 Å². The van der Waals surface area contributed by atoms with Crippen molar-refractivity contribution < 1.29 is 9.59 Å². The van der Waals surface area contributed by atoms with E-state index in [0.717, 1.165) is 34.2 Å². The zero-order chi connectivity index (χ0) is 19.1. The molecule has 144 valence electrons. The fourth-order valence-electron chi connectivity index (χ4n) is 3.08. The Morgan fingerprint density at radius 1 is 1.19 bits per heavy atom. The fraction of sp³-hybridized carbons (Fsp3) is 0.450. The molecule has 1 heterocycles. The summed E-state index contributed by atoms with van der Waals surface area (Å²) >= 11 is 3.34. The summed E-state index contributed by atoms with van der Waals surface area (Å²) in [6.45, 7) is 2.01. The highest BCUT2D eigenvalue weighted by Crippen LogP contribution is 2.26. The highest BCUT2D eigenvalue weighted by atomic mass is 32.2. The van der Waals surface area contributed by atoms with Crippen LogP contribution in [0, 0.1) is 6.92 Å². The summed E-state index contributed by atoms with van der Waals surface area (Å²) < 4.78 is 1.05. The lowest BCUT2D eigenvalue weighted by Crippen LogP contribution is -2.42. The van der Waals surface area contributed by atoms with Gasteiger partial charge in [0.1, 0.15) is 4.34 Å². The van der Waals surface area contributed by atoms with Crippen LogP contribution in [0.15, 0.2) is 34.0 Å². The van der Waals surface area contributed by atoms with E-state index >= 15 is 0 Å². The number of hydrogen-bond donors (Lipinski definition) is 2. The number of rotatable bonds is 7. The van der Waals surface area contributed by atoms with E-state index in [4.69, 9.17) is 0 Å². The van der Waals surface area contributed by atoms with Crippen molar-refractivity contribution in [2.45, 2.75) is 55.2 Å². The molecule has 0 bridgehead atoms. The van der Waals surface area contributed by atoms with Gasteiger partial charge in [-0.15, -0.1) is 11.3 Å². The standard InChI is InChI=1S/C20H25N3O2S2/c1-14-12-26-20(22-14)27-13-15-7-9-16(10-8-15)19(25)21-11-18(24)23-17-5-3-2-4-6-17/h7-10,12,17H,2-6,11,13H2,1H3,(H,21,25)(H,23,24). The molecular formula is C20H25N3O2S2. The number of hydrogen-bond acceptors (Lipinski definition) is 5. The smallest absolute Gasteiger partial charge is 0.251 e. The van der Waals surface area contributed by atoms with E-state index in [1.54, 1.807) is 35.2 Å². The van der Waals surface area contributed by atoms with Crippen molar-refractivity contribution in [2.75, 3.05) is 6.54 Å².